The first-order chi connectivity index (χ1) is 14.7. The number of nitro groups is 1. The lowest BCUT2D eigenvalue weighted by atomic mass is 9.97. The molecule has 158 valence electrons. The van der Waals surface area contributed by atoms with Crippen molar-refractivity contribution in [1.82, 2.24) is 0 Å². The number of nitro benzene ring substituents is 1. The fourth-order valence-corrected chi connectivity index (χ4v) is 3.51. The standard InChI is InChI=1S/C23H21N3O5/c1-23(2,28)15-6-8-17-19(12-15)25-22(27)16-7-4-13(10-18(16)24-17)14-5-9-20(26(29)30)21(11-14)31-3/h4-12,24,28H,1-3H3,(H,25,27). The van der Waals surface area contributed by atoms with Crippen LogP contribution in [0.5, 0.6) is 5.75 Å². The van der Waals surface area contributed by atoms with E-state index in [1.807, 2.05) is 6.07 Å². The number of nitrogens with zero attached hydrogens (tertiary/aromatic N) is 1. The van der Waals surface area contributed by atoms with Crippen LogP contribution in [-0.4, -0.2) is 23.0 Å². The number of carbonyl (C=O) groups excluding carboxylic acids is 1. The zero-order chi connectivity index (χ0) is 22.3. The van der Waals surface area contributed by atoms with Crippen LogP contribution in [0.4, 0.5) is 22.7 Å². The molecule has 0 aliphatic carbocycles. The Morgan fingerprint density at radius 2 is 1.65 bits per heavy atom. The summed E-state index contributed by atoms with van der Waals surface area (Å²) in [7, 11) is 1.38. The minimum absolute atomic E-state index is 0.116. The van der Waals surface area contributed by atoms with Crippen molar-refractivity contribution in [3.8, 4) is 16.9 Å². The van der Waals surface area contributed by atoms with Gasteiger partial charge in [-0.05, 0) is 66.9 Å². The summed E-state index contributed by atoms with van der Waals surface area (Å²) >= 11 is 0. The maximum atomic E-state index is 12.8. The lowest BCUT2D eigenvalue weighted by molar-refractivity contribution is -0.385. The molecular formula is C23H21N3O5. The molecule has 0 radical (unpaired) electrons. The van der Waals surface area contributed by atoms with Gasteiger partial charge in [-0.15, -0.1) is 0 Å². The Labute approximate surface area is 178 Å². The summed E-state index contributed by atoms with van der Waals surface area (Å²) in [4.78, 5) is 23.4. The summed E-state index contributed by atoms with van der Waals surface area (Å²) in [5, 5.41) is 27.6. The maximum Gasteiger partial charge on any atom is 0.310 e. The lowest BCUT2D eigenvalue weighted by Gasteiger charge is -2.20. The third kappa shape index (κ3) is 3.80. The van der Waals surface area contributed by atoms with Gasteiger partial charge in [0.15, 0.2) is 5.75 Å². The van der Waals surface area contributed by atoms with E-state index in [-0.39, 0.29) is 17.3 Å². The van der Waals surface area contributed by atoms with Gasteiger partial charge in [0, 0.05) is 6.07 Å². The van der Waals surface area contributed by atoms with Crippen LogP contribution in [0.25, 0.3) is 11.1 Å². The van der Waals surface area contributed by atoms with E-state index < -0.39 is 10.5 Å². The van der Waals surface area contributed by atoms with E-state index in [0.717, 1.165) is 5.56 Å². The molecule has 3 aromatic carbocycles. The highest BCUT2D eigenvalue weighted by Gasteiger charge is 2.23. The van der Waals surface area contributed by atoms with Crippen molar-refractivity contribution in [3.63, 3.8) is 0 Å². The molecule has 0 saturated heterocycles. The number of anilines is 3. The van der Waals surface area contributed by atoms with Crippen molar-refractivity contribution < 1.29 is 19.6 Å². The number of aliphatic hydroxyl groups is 1. The van der Waals surface area contributed by atoms with Gasteiger partial charge in [0.05, 0.1) is 40.3 Å². The van der Waals surface area contributed by atoms with E-state index in [4.69, 9.17) is 4.74 Å². The second-order valence-electron chi connectivity index (χ2n) is 7.80. The van der Waals surface area contributed by atoms with Gasteiger partial charge in [-0.1, -0.05) is 12.1 Å². The number of nitrogens with one attached hydrogen (secondary N) is 2. The summed E-state index contributed by atoms with van der Waals surface area (Å²) in [6, 6.07) is 15.3. The van der Waals surface area contributed by atoms with Crippen LogP contribution in [0.15, 0.2) is 54.6 Å². The molecule has 1 heterocycles. The molecule has 3 N–H and O–H groups in total. The number of ether oxygens (including phenoxy) is 1. The first-order valence-electron chi connectivity index (χ1n) is 9.59. The zero-order valence-electron chi connectivity index (χ0n) is 17.2. The molecule has 8 heteroatoms. The maximum absolute atomic E-state index is 12.8. The third-order valence-electron chi connectivity index (χ3n) is 5.22. The van der Waals surface area contributed by atoms with Gasteiger partial charge in [-0.3, -0.25) is 14.9 Å². The van der Waals surface area contributed by atoms with Crippen molar-refractivity contribution in [2.45, 2.75) is 19.4 Å². The molecule has 1 aliphatic rings. The molecule has 1 aliphatic heterocycles. The molecule has 0 aromatic heterocycles. The monoisotopic (exact) mass is 419 g/mol. The number of benzene rings is 3. The molecule has 0 bridgehead atoms. The van der Waals surface area contributed by atoms with Gasteiger partial charge in [0.2, 0.25) is 0 Å². The van der Waals surface area contributed by atoms with Crippen molar-refractivity contribution >= 4 is 28.7 Å². The van der Waals surface area contributed by atoms with Crippen LogP contribution in [0.1, 0.15) is 29.8 Å². The van der Waals surface area contributed by atoms with Crippen LogP contribution in [0, 0.1) is 10.1 Å². The number of rotatable bonds is 4. The zero-order valence-corrected chi connectivity index (χ0v) is 17.2. The largest absolute Gasteiger partial charge is 0.490 e. The lowest BCUT2D eigenvalue weighted by Crippen LogP contribution is -2.16. The Hall–Kier alpha value is -3.91. The van der Waals surface area contributed by atoms with Gasteiger partial charge in [0.25, 0.3) is 5.91 Å². The average Bonchev–Trinajstić information content (AvgIpc) is 2.87. The topological polar surface area (TPSA) is 114 Å². The van der Waals surface area contributed by atoms with Gasteiger partial charge >= 0.3 is 5.69 Å². The molecule has 0 fully saturated rings. The van der Waals surface area contributed by atoms with Crippen LogP contribution in [0.3, 0.4) is 0 Å². The van der Waals surface area contributed by atoms with Gasteiger partial charge < -0.3 is 20.5 Å². The van der Waals surface area contributed by atoms with Gasteiger partial charge in [-0.25, -0.2) is 0 Å². The Balaban J connectivity index is 1.76. The molecule has 0 spiro atoms. The van der Waals surface area contributed by atoms with Crippen LogP contribution < -0.4 is 15.4 Å². The van der Waals surface area contributed by atoms with Crippen LogP contribution in [-0.2, 0) is 5.60 Å². The normalized spacial score (nSPS) is 12.7. The summed E-state index contributed by atoms with van der Waals surface area (Å²) in [5.74, 6) is -0.116. The number of amides is 1. The number of methoxy groups -OCH3 is 1. The molecule has 0 atom stereocenters. The average molecular weight is 419 g/mol. The Morgan fingerprint density at radius 3 is 2.32 bits per heavy atom. The van der Waals surface area contributed by atoms with Crippen molar-refractivity contribution in [1.29, 1.82) is 0 Å². The Bertz CT molecular complexity index is 1210. The first kappa shape index (κ1) is 20.4. The molecule has 3 aromatic rings. The van der Waals surface area contributed by atoms with Crippen molar-refractivity contribution in [2.24, 2.45) is 0 Å². The fourth-order valence-electron chi connectivity index (χ4n) is 3.51. The number of hydrogen-bond donors (Lipinski definition) is 3. The Morgan fingerprint density at radius 1 is 0.935 bits per heavy atom. The third-order valence-corrected chi connectivity index (χ3v) is 5.22. The van der Waals surface area contributed by atoms with Gasteiger partial charge in [0.1, 0.15) is 0 Å². The smallest absolute Gasteiger partial charge is 0.310 e. The van der Waals surface area contributed by atoms with E-state index in [1.165, 1.54) is 13.2 Å². The molecule has 1 amide bonds. The van der Waals surface area contributed by atoms with Crippen LogP contribution in [0.2, 0.25) is 0 Å². The predicted octanol–water partition coefficient (Wildman–Crippen LogP) is 4.81. The van der Waals surface area contributed by atoms with E-state index >= 15 is 0 Å². The fraction of sp³-hybridized carbons (Fsp3) is 0.174. The molecule has 4 rings (SSSR count). The van der Waals surface area contributed by atoms with E-state index in [2.05, 4.69) is 10.6 Å². The quantitative estimate of drug-likeness (QED) is 0.413. The SMILES string of the molecule is COc1cc(-c2ccc3c(c2)Nc2ccc(C(C)(C)O)cc2NC3=O)ccc1[N+](=O)[O-]. The highest BCUT2D eigenvalue weighted by Crippen LogP contribution is 2.38. The Kier molecular flexibility index (Phi) is 4.87. The molecular weight excluding hydrogens is 398 g/mol. The minimum atomic E-state index is -1.04. The van der Waals surface area contributed by atoms with Crippen LogP contribution >= 0.6 is 0 Å². The highest BCUT2D eigenvalue weighted by atomic mass is 16.6. The molecule has 31 heavy (non-hydrogen) atoms. The summed E-state index contributed by atoms with van der Waals surface area (Å²) in [5.41, 5.74) is 3.32. The molecule has 0 saturated carbocycles. The summed E-state index contributed by atoms with van der Waals surface area (Å²) < 4.78 is 5.16. The van der Waals surface area contributed by atoms with E-state index in [9.17, 15) is 20.0 Å². The number of hydrogen-bond acceptors (Lipinski definition) is 6. The van der Waals surface area contributed by atoms with Crippen molar-refractivity contribution in [2.75, 3.05) is 17.7 Å². The van der Waals surface area contributed by atoms with Crippen molar-refractivity contribution in [3.05, 3.63) is 75.8 Å². The first-order valence-corrected chi connectivity index (χ1v) is 9.59. The second kappa shape index (κ2) is 7.41. The molecule has 8 nitrogen and oxygen atoms in total. The summed E-state index contributed by atoms with van der Waals surface area (Å²) in [6.45, 7) is 3.36. The second-order valence-corrected chi connectivity index (χ2v) is 7.80. The number of carbonyl (C=O) groups is 1. The highest BCUT2D eigenvalue weighted by molar-refractivity contribution is 6.12. The van der Waals surface area contributed by atoms with E-state index in [0.29, 0.717) is 33.8 Å². The minimum Gasteiger partial charge on any atom is -0.490 e. The van der Waals surface area contributed by atoms with Gasteiger partial charge in [-0.2, -0.15) is 0 Å². The summed E-state index contributed by atoms with van der Waals surface area (Å²) in [6.07, 6.45) is 0. The molecule has 0 unspecified atom stereocenters. The number of fused-ring (bicyclic) bond motifs is 2. The predicted molar refractivity (Wildman–Crippen MR) is 118 cm³/mol. The van der Waals surface area contributed by atoms with E-state index in [1.54, 1.807) is 56.3 Å².